The highest BCUT2D eigenvalue weighted by Gasteiger charge is 2.16. The molecule has 0 fully saturated rings. The number of hydrogen-bond donors (Lipinski definition) is 1. The molecule has 2 heterocycles. The van der Waals surface area contributed by atoms with Gasteiger partial charge in [-0.1, -0.05) is 6.92 Å². The van der Waals surface area contributed by atoms with E-state index in [0.717, 1.165) is 41.1 Å². The first kappa shape index (κ1) is 20.6. The van der Waals surface area contributed by atoms with Crippen molar-refractivity contribution in [3.63, 3.8) is 0 Å². The Bertz CT molecular complexity index is 999. The first-order valence-electron chi connectivity index (χ1n) is 9.70. The largest absolute Gasteiger partial charge is 0.375 e. The summed E-state index contributed by atoms with van der Waals surface area (Å²) in [7, 11) is 1.70. The second kappa shape index (κ2) is 9.41. The molecule has 2 aromatic heterocycles. The highest BCUT2D eigenvalue weighted by molar-refractivity contribution is 5.62. The van der Waals surface area contributed by atoms with E-state index in [1.165, 1.54) is 0 Å². The third-order valence-electron chi connectivity index (χ3n) is 4.93. The van der Waals surface area contributed by atoms with Crippen molar-refractivity contribution in [1.29, 1.82) is 5.26 Å². The molecule has 0 bridgehead atoms. The van der Waals surface area contributed by atoms with Gasteiger partial charge in [-0.15, -0.1) is 0 Å². The van der Waals surface area contributed by atoms with Crippen molar-refractivity contribution in [3.05, 3.63) is 65.0 Å². The Labute approximate surface area is 171 Å². The number of nitrogens with two attached hydrogens (primary N) is 1. The third kappa shape index (κ3) is 4.67. The maximum atomic E-state index is 9.35. The molecule has 1 atom stereocenters. The Morgan fingerprint density at radius 3 is 2.66 bits per heavy atom. The molecular formula is C22H26N6O. The number of imidazole rings is 1. The van der Waals surface area contributed by atoms with E-state index in [4.69, 9.17) is 10.5 Å². The zero-order valence-electron chi connectivity index (χ0n) is 17.1. The molecule has 3 rings (SSSR count). The molecule has 150 valence electrons. The van der Waals surface area contributed by atoms with Crippen LogP contribution in [0.25, 0.3) is 11.4 Å². The molecule has 0 saturated heterocycles. The Morgan fingerprint density at radius 1 is 1.28 bits per heavy atom. The standard InChI is InChI=1S/C22H26N6O/c1-4-21(29-3)20-14-28(15(2)27-20)13-18-9-16(10-24)5-6-19(18)22-25-11-17(7-8-23)12-26-22/h5-6,9,11-12,14,21H,4,7-8,13,23H2,1-3H3. The van der Waals surface area contributed by atoms with Gasteiger partial charge >= 0.3 is 0 Å². The van der Waals surface area contributed by atoms with Crippen LogP contribution in [0.4, 0.5) is 0 Å². The van der Waals surface area contributed by atoms with E-state index in [0.29, 0.717) is 24.5 Å². The lowest BCUT2D eigenvalue weighted by Crippen LogP contribution is -2.06. The molecule has 0 saturated carbocycles. The van der Waals surface area contributed by atoms with Crippen molar-refractivity contribution in [1.82, 2.24) is 19.5 Å². The highest BCUT2D eigenvalue weighted by atomic mass is 16.5. The quantitative estimate of drug-likeness (QED) is 0.634. The van der Waals surface area contributed by atoms with Gasteiger partial charge in [0, 0.05) is 37.8 Å². The van der Waals surface area contributed by atoms with Crippen LogP contribution >= 0.6 is 0 Å². The summed E-state index contributed by atoms with van der Waals surface area (Å²) in [5, 5.41) is 9.35. The Hall–Kier alpha value is -3.08. The fraction of sp³-hybridized carbons (Fsp3) is 0.364. The van der Waals surface area contributed by atoms with Crippen LogP contribution in [0.1, 0.15) is 47.7 Å². The van der Waals surface area contributed by atoms with Gasteiger partial charge < -0.3 is 15.0 Å². The van der Waals surface area contributed by atoms with E-state index in [2.05, 4.69) is 32.5 Å². The number of methoxy groups -OCH3 is 1. The van der Waals surface area contributed by atoms with Gasteiger partial charge in [-0.2, -0.15) is 5.26 Å². The second-order valence-corrected chi connectivity index (χ2v) is 6.91. The molecule has 7 heteroatoms. The van der Waals surface area contributed by atoms with Crippen LogP contribution in [0.2, 0.25) is 0 Å². The maximum Gasteiger partial charge on any atom is 0.159 e. The molecule has 0 radical (unpaired) electrons. The van der Waals surface area contributed by atoms with Crippen molar-refractivity contribution in [2.24, 2.45) is 5.73 Å². The number of nitrogens with zero attached hydrogens (tertiary/aromatic N) is 5. The second-order valence-electron chi connectivity index (χ2n) is 6.91. The molecule has 1 aromatic carbocycles. The average molecular weight is 390 g/mol. The number of rotatable bonds is 8. The molecule has 0 spiro atoms. The van der Waals surface area contributed by atoms with Crippen LogP contribution in [0.3, 0.4) is 0 Å². The maximum absolute atomic E-state index is 9.35. The smallest absolute Gasteiger partial charge is 0.159 e. The van der Waals surface area contributed by atoms with Crippen LogP contribution in [0.5, 0.6) is 0 Å². The Morgan fingerprint density at radius 2 is 2.03 bits per heavy atom. The minimum atomic E-state index is -0.0294. The lowest BCUT2D eigenvalue weighted by molar-refractivity contribution is 0.0967. The van der Waals surface area contributed by atoms with Gasteiger partial charge in [-0.25, -0.2) is 15.0 Å². The lowest BCUT2D eigenvalue weighted by atomic mass is 10.0. The first-order valence-corrected chi connectivity index (χ1v) is 9.70. The molecule has 29 heavy (non-hydrogen) atoms. The number of hydrogen-bond acceptors (Lipinski definition) is 6. The normalized spacial score (nSPS) is 12.0. The molecule has 0 aliphatic rings. The molecule has 2 N–H and O–H groups in total. The SMILES string of the molecule is CCC(OC)c1cn(Cc2cc(C#N)ccc2-c2ncc(CCN)cn2)c(C)n1. The summed E-state index contributed by atoms with van der Waals surface area (Å²) in [4.78, 5) is 13.7. The van der Waals surface area contributed by atoms with E-state index in [1.54, 1.807) is 13.2 Å². The molecule has 0 aliphatic heterocycles. The summed E-state index contributed by atoms with van der Waals surface area (Å²) in [6.45, 7) is 5.17. The van der Waals surface area contributed by atoms with Gasteiger partial charge in [0.25, 0.3) is 0 Å². The predicted octanol–water partition coefficient (Wildman–Crippen LogP) is 3.17. The van der Waals surface area contributed by atoms with Gasteiger partial charge in [0.05, 0.1) is 17.3 Å². The van der Waals surface area contributed by atoms with E-state index >= 15 is 0 Å². The highest BCUT2D eigenvalue weighted by Crippen LogP contribution is 2.25. The summed E-state index contributed by atoms with van der Waals surface area (Å²) in [6.07, 6.45) is 7.20. The van der Waals surface area contributed by atoms with E-state index in [1.807, 2.05) is 37.6 Å². The van der Waals surface area contributed by atoms with Crippen molar-refractivity contribution >= 4 is 0 Å². The topological polar surface area (TPSA) is 103 Å². The van der Waals surface area contributed by atoms with Crippen molar-refractivity contribution < 1.29 is 4.74 Å². The zero-order chi connectivity index (χ0) is 20.8. The van der Waals surface area contributed by atoms with Gasteiger partial charge in [-0.05, 0) is 55.6 Å². The molecule has 3 aromatic rings. The summed E-state index contributed by atoms with van der Waals surface area (Å²) in [5.41, 5.74) is 9.99. The van der Waals surface area contributed by atoms with Crippen LogP contribution in [-0.2, 0) is 17.7 Å². The average Bonchev–Trinajstić information content (AvgIpc) is 3.10. The summed E-state index contributed by atoms with van der Waals surface area (Å²) in [5.74, 6) is 1.52. The first-order chi connectivity index (χ1) is 14.1. The van der Waals surface area contributed by atoms with Crippen LogP contribution in [-0.4, -0.2) is 33.2 Å². The Kier molecular flexibility index (Phi) is 6.70. The molecule has 7 nitrogen and oxygen atoms in total. The summed E-state index contributed by atoms with van der Waals surface area (Å²) in [6, 6.07) is 7.80. The third-order valence-corrected chi connectivity index (χ3v) is 4.93. The van der Waals surface area contributed by atoms with Crippen LogP contribution < -0.4 is 5.73 Å². The van der Waals surface area contributed by atoms with Gasteiger partial charge in [-0.3, -0.25) is 0 Å². The van der Waals surface area contributed by atoms with Crippen molar-refractivity contribution in [2.45, 2.75) is 39.3 Å². The minimum absolute atomic E-state index is 0.0294. The number of aromatic nitrogens is 4. The lowest BCUT2D eigenvalue weighted by Gasteiger charge is -2.12. The van der Waals surface area contributed by atoms with Crippen molar-refractivity contribution in [3.8, 4) is 17.5 Å². The van der Waals surface area contributed by atoms with Crippen molar-refractivity contribution in [2.75, 3.05) is 13.7 Å². The molecule has 1 unspecified atom stereocenters. The zero-order valence-corrected chi connectivity index (χ0v) is 17.1. The number of benzene rings is 1. The van der Waals surface area contributed by atoms with Crippen LogP contribution in [0.15, 0.2) is 36.8 Å². The predicted molar refractivity (Wildman–Crippen MR) is 111 cm³/mol. The monoisotopic (exact) mass is 390 g/mol. The number of aryl methyl sites for hydroxylation is 1. The van der Waals surface area contributed by atoms with E-state index in [-0.39, 0.29) is 6.10 Å². The molecular weight excluding hydrogens is 364 g/mol. The summed E-state index contributed by atoms with van der Waals surface area (Å²) < 4.78 is 7.59. The molecule has 0 aliphatic carbocycles. The van der Waals surface area contributed by atoms with Gasteiger partial charge in [0.15, 0.2) is 5.82 Å². The number of ether oxygens (including phenoxy) is 1. The Balaban J connectivity index is 1.97. The summed E-state index contributed by atoms with van der Waals surface area (Å²) >= 11 is 0. The fourth-order valence-corrected chi connectivity index (χ4v) is 3.33. The molecule has 0 amide bonds. The van der Waals surface area contributed by atoms with Crippen LogP contribution in [0, 0.1) is 18.3 Å². The fourth-order valence-electron chi connectivity index (χ4n) is 3.33. The minimum Gasteiger partial charge on any atom is -0.375 e. The van der Waals surface area contributed by atoms with Gasteiger partial charge in [0.1, 0.15) is 11.9 Å². The van der Waals surface area contributed by atoms with E-state index in [9.17, 15) is 5.26 Å². The number of nitriles is 1. The van der Waals surface area contributed by atoms with E-state index < -0.39 is 0 Å². The van der Waals surface area contributed by atoms with Gasteiger partial charge in [0.2, 0.25) is 0 Å².